The molecule has 2 nitrogen and oxygen atoms in total. The monoisotopic (exact) mass is 218 g/mol. The van der Waals surface area contributed by atoms with Crippen molar-refractivity contribution in [2.75, 3.05) is 6.61 Å². The van der Waals surface area contributed by atoms with Gasteiger partial charge in [0.1, 0.15) is 5.60 Å². The Morgan fingerprint density at radius 1 is 1.44 bits per heavy atom. The lowest BCUT2D eigenvalue weighted by Gasteiger charge is -2.21. The van der Waals surface area contributed by atoms with Gasteiger partial charge in [-0.25, -0.2) is 0 Å². The third-order valence-electron chi connectivity index (χ3n) is 3.42. The van der Waals surface area contributed by atoms with Gasteiger partial charge >= 0.3 is 0 Å². The maximum atomic E-state index is 12.2. The Labute approximate surface area is 96.6 Å². The number of ketones is 1. The zero-order chi connectivity index (χ0) is 11.6. The Morgan fingerprint density at radius 3 is 2.81 bits per heavy atom. The molecule has 1 heterocycles. The van der Waals surface area contributed by atoms with Crippen LogP contribution in [0.1, 0.15) is 30.9 Å². The molecule has 2 rings (SSSR count). The van der Waals surface area contributed by atoms with Crippen LogP contribution in [-0.2, 0) is 16.0 Å². The molecule has 1 aromatic carbocycles. The largest absolute Gasteiger partial charge is 0.367 e. The van der Waals surface area contributed by atoms with Crippen LogP contribution in [0.3, 0.4) is 0 Å². The standard InChI is InChI=1S/C14H18O2/c1-11-6-3-4-7-12(11)10-13(15)14(2)8-5-9-16-14/h3-4,6-7H,5,8-10H2,1-2H3. The van der Waals surface area contributed by atoms with E-state index in [1.807, 2.05) is 38.1 Å². The molecule has 1 saturated heterocycles. The second-order valence-electron chi connectivity index (χ2n) is 4.71. The minimum Gasteiger partial charge on any atom is -0.367 e. The van der Waals surface area contributed by atoms with Crippen molar-refractivity contribution in [2.24, 2.45) is 0 Å². The van der Waals surface area contributed by atoms with E-state index in [2.05, 4.69) is 0 Å². The van der Waals surface area contributed by atoms with Crippen LogP contribution in [0, 0.1) is 6.92 Å². The molecule has 86 valence electrons. The lowest BCUT2D eigenvalue weighted by atomic mass is 9.91. The summed E-state index contributed by atoms with van der Waals surface area (Å²) in [7, 11) is 0. The summed E-state index contributed by atoms with van der Waals surface area (Å²) in [4.78, 5) is 12.2. The number of ether oxygens (including phenoxy) is 1. The van der Waals surface area contributed by atoms with E-state index in [1.54, 1.807) is 0 Å². The smallest absolute Gasteiger partial charge is 0.168 e. The van der Waals surface area contributed by atoms with Crippen molar-refractivity contribution in [2.45, 2.75) is 38.7 Å². The molecule has 1 atom stereocenters. The Balaban J connectivity index is 2.10. The summed E-state index contributed by atoms with van der Waals surface area (Å²) in [6.07, 6.45) is 2.34. The molecule has 0 bridgehead atoms. The van der Waals surface area contributed by atoms with Crippen LogP contribution in [-0.4, -0.2) is 18.0 Å². The van der Waals surface area contributed by atoms with E-state index in [4.69, 9.17) is 4.74 Å². The summed E-state index contributed by atoms with van der Waals surface area (Å²) in [6, 6.07) is 8.04. The molecule has 0 amide bonds. The highest BCUT2D eigenvalue weighted by Gasteiger charge is 2.37. The quantitative estimate of drug-likeness (QED) is 0.779. The van der Waals surface area contributed by atoms with E-state index in [-0.39, 0.29) is 5.78 Å². The number of rotatable bonds is 3. The minimum absolute atomic E-state index is 0.208. The SMILES string of the molecule is Cc1ccccc1CC(=O)C1(C)CCCO1. The van der Waals surface area contributed by atoms with Crippen molar-refractivity contribution in [3.8, 4) is 0 Å². The van der Waals surface area contributed by atoms with Gasteiger partial charge in [-0.05, 0) is 37.8 Å². The van der Waals surface area contributed by atoms with E-state index in [0.29, 0.717) is 6.42 Å². The van der Waals surface area contributed by atoms with Crippen molar-refractivity contribution in [1.82, 2.24) is 0 Å². The third kappa shape index (κ3) is 2.17. The van der Waals surface area contributed by atoms with Gasteiger partial charge in [-0.2, -0.15) is 0 Å². The van der Waals surface area contributed by atoms with E-state index < -0.39 is 5.60 Å². The summed E-state index contributed by atoms with van der Waals surface area (Å²) in [6.45, 7) is 4.68. The molecule has 16 heavy (non-hydrogen) atoms. The van der Waals surface area contributed by atoms with Crippen molar-refractivity contribution in [3.05, 3.63) is 35.4 Å². The van der Waals surface area contributed by atoms with Crippen LogP contribution >= 0.6 is 0 Å². The predicted molar refractivity (Wildman–Crippen MR) is 63.5 cm³/mol. The predicted octanol–water partition coefficient (Wildman–Crippen LogP) is 2.68. The third-order valence-corrected chi connectivity index (χ3v) is 3.42. The van der Waals surface area contributed by atoms with Crippen LogP contribution in [0.5, 0.6) is 0 Å². The minimum atomic E-state index is -0.539. The number of carbonyl (C=O) groups is 1. The summed E-state index contributed by atoms with van der Waals surface area (Å²) < 4.78 is 5.56. The van der Waals surface area contributed by atoms with Crippen molar-refractivity contribution >= 4 is 5.78 Å². The average molecular weight is 218 g/mol. The van der Waals surface area contributed by atoms with Crippen LogP contribution in [0.25, 0.3) is 0 Å². The molecule has 0 aromatic heterocycles. The van der Waals surface area contributed by atoms with Crippen molar-refractivity contribution in [1.29, 1.82) is 0 Å². The summed E-state index contributed by atoms with van der Waals surface area (Å²) in [5, 5.41) is 0. The van der Waals surface area contributed by atoms with E-state index in [0.717, 1.165) is 25.0 Å². The molecule has 0 spiro atoms. The number of benzene rings is 1. The summed E-state index contributed by atoms with van der Waals surface area (Å²) >= 11 is 0. The average Bonchev–Trinajstić information content (AvgIpc) is 2.70. The second kappa shape index (κ2) is 4.38. The Kier molecular flexibility index (Phi) is 3.10. The number of Topliss-reactive ketones (excluding diaryl/α,β-unsaturated/α-hetero) is 1. The normalized spacial score (nSPS) is 24.6. The second-order valence-corrected chi connectivity index (χ2v) is 4.71. The van der Waals surface area contributed by atoms with Gasteiger partial charge in [0.05, 0.1) is 0 Å². The van der Waals surface area contributed by atoms with Gasteiger partial charge in [0.15, 0.2) is 5.78 Å². The molecule has 1 fully saturated rings. The Morgan fingerprint density at radius 2 is 2.19 bits per heavy atom. The molecule has 0 aliphatic carbocycles. The van der Waals surface area contributed by atoms with Crippen molar-refractivity contribution in [3.63, 3.8) is 0 Å². The Bertz CT molecular complexity index is 389. The highest BCUT2D eigenvalue weighted by molar-refractivity contribution is 5.89. The fourth-order valence-electron chi connectivity index (χ4n) is 2.17. The fraction of sp³-hybridized carbons (Fsp3) is 0.500. The molecule has 2 heteroatoms. The molecule has 1 aromatic rings. The zero-order valence-electron chi connectivity index (χ0n) is 9.95. The highest BCUT2D eigenvalue weighted by Crippen LogP contribution is 2.27. The molecule has 1 aliphatic heterocycles. The first-order chi connectivity index (χ1) is 7.62. The number of aryl methyl sites for hydroxylation is 1. The summed E-state index contributed by atoms with van der Waals surface area (Å²) in [5.74, 6) is 0.208. The maximum absolute atomic E-state index is 12.2. The van der Waals surface area contributed by atoms with Crippen LogP contribution in [0.15, 0.2) is 24.3 Å². The van der Waals surface area contributed by atoms with Gasteiger partial charge < -0.3 is 4.74 Å². The van der Waals surface area contributed by atoms with Crippen molar-refractivity contribution < 1.29 is 9.53 Å². The molecular formula is C14H18O2. The molecule has 0 radical (unpaired) electrons. The van der Waals surface area contributed by atoms with Gasteiger partial charge in [-0.3, -0.25) is 4.79 Å². The highest BCUT2D eigenvalue weighted by atomic mass is 16.5. The first-order valence-electron chi connectivity index (χ1n) is 5.83. The fourth-order valence-corrected chi connectivity index (χ4v) is 2.17. The maximum Gasteiger partial charge on any atom is 0.168 e. The molecule has 1 aliphatic rings. The Hall–Kier alpha value is -1.15. The van der Waals surface area contributed by atoms with Crippen LogP contribution < -0.4 is 0 Å². The van der Waals surface area contributed by atoms with Gasteiger partial charge in [-0.15, -0.1) is 0 Å². The van der Waals surface area contributed by atoms with E-state index in [1.165, 1.54) is 5.56 Å². The van der Waals surface area contributed by atoms with Gasteiger partial charge in [0, 0.05) is 13.0 Å². The number of hydrogen-bond donors (Lipinski definition) is 0. The van der Waals surface area contributed by atoms with Gasteiger partial charge in [0.25, 0.3) is 0 Å². The molecular weight excluding hydrogens is 200 g/mol. The van der Waals surface area contributed by atoms with Gasteiger partial charge in [0.2, 0.25) is 0 Å². The first-order valence-corrected chi connectivity index (χ1v) is 5.83. The topological polar surface area (TPSA) is 26.3 Å². The number of carbonyl (C=O) groups excluding carboxylic acids is 1. The summed E-state index contributed by atoms with van der Waals surface area (Å²) in [5.41, 5.74) is 1.75. The molecule has 1 unspecified atom stereocenters. The lowest BCUT2D eigenvalue weighted by molar-refractivity contribution is -0.136. The van der Waals surface area contributed by atoms with E-state index >= 15 is 0 Å². The first kappa shape index (κ1) is 11.3. The van der Waals surface area contributed by atoms with E-state index in [9.17, 15) is 4.79 Å². The molecule has 0 N–H and O–H groups in total. The molecule has 0 saturated carbocycles. The number of hydrogen-bond acceptors (Lipinski definition) is 2. The lowest BCUT2D eigenvalue weighted by Crippen LogP contribution is -2.35. The van der Waals surface area contributed by atoms with Gasteiger partial charge in [-0.1, -0.05) is 24.3 Å². The zero-order valence-corrected chi connectivity index (χ0v) is 9.95. The van der Waals surface area contributed by atoms with Crippen LogP contribution in [0.4, 0.5) is 0 Å². The van der Waals surface area contributed by atoms with Crippen LogP contribution in [0.2, 0.25) is 0 Å².